The quantitative estimate of drug-likeness (QED) is 0.648. The zero-order valence-corrected chi connectivity index (χ0v) is 11.9. The molecule has 0 amide bonds. The molecule has 1 fully saturated rings. The monoisotopic (exact) mass is 260 g/mol. The maximum absolute atomic E-state index is 7.36. The largest absolute Gasteiger partial charge is 0.382 e. The molecule has 19 heavy (non-hydrogen) atoms. The molecule has 1 aromatic rings. The zero-order chi connectivity index (χ0) is 13.8. The molecule has 0 aliphatic carbocycles. The summed E-state index contributed by atoms with van der Waals surface area (Å²) in [6.45, 7) is 6.85. The van der Waals surface area contributed by atoms with Gasteiger partial charge in [-0.25, -0.2) is 0 Å². The molecular formula is C15H24N4. The summed E-state index contributed by atoms with van der Waals surface area (Å²) in [6.07, 6.45) is 5.67. The van der Waals surface area contributed by atoms with E-state index in [4.69, 9.17) is 11.1 Å². The highest BCUT2D eigenvalue weighted by Crippen LogP contribution is 2.26. The topological polar surface area (TPSA) is 66.0 Å². The molecule has 0 bridgehead atoms. The van der Waals surface area contributed by atoms with E-state index in [0.717, 1.165) is 30.6 Å². The van der Waals surface area contributed by atoms with Crippen LogP contribution in [0.3, 0.4) is 0 Å². The van der Waals surface area contributed by atoms with Crippen LogP contribution in [0.2, 0.25) is 0 Å². The van der Waals surface area contributed by atoms with Crippen molar-refractivity contribution in [2.45, 2.75) is 33.1 Å². The fourth-order valence-electron chi connectivity index (χ4n) is 2.78. The van der Waals surface area contributed by atoms with Crippen molar-refractivity contribution in [3.8, 4) is 0 Å². The molecule has 1 unspecified atom stereocenters. The van der Waals surface area contributed by atoms with Crippen molar-refractivity contribution in [1.29, 1.82) is 5.41 Å². The summed E-state index contributed by atoms with van der Waals surface area (Å²) in [7, 11) is 0. The van der Waals surface area contributed by atoms with Gasteiger partial charge in [-0.1, -0.05) is 13.8 Å². The van der Waals surface area contributed by atoms with Crippen LogP contribution in [0, 0.1) is 17.2 Å². The molecule has 4 heteroatoms. The van der Waals surface area contributed by atoms with Gasteiger partial charge < -0.3 is 10.6 Å². The predicted octanol–water partition coefficient (Wildman–Crippen LogP) is 2.63. The summed E-state index contributed by atoms with van der Waals surface area (Å²) in [6, 6.07) is 3.86. The van der Waals surface area contributed by atoms with Crippen molar-refractivity contribution < 1.29 is 0 Å². The molecule has 1 saturated heterocycles. The van der Waals surface area contributed by atoms with Gasteiger partial charge in [0.25, 0.3) is 0 Å². The number of anilines is 1. The second-order valence-electron chi connectivity index (χ2n) is 5.74. The normalized spacial score (nSPS) is 20.4. The summed E-state index contributed by atoms with van der Waals surface area (Å²) in [5.74, 6) is 1.65. The van der Waals surface area contributed by atoms with Gasteiger partial charge in [0.2, 0.25) is 0 Å². The third-order valence-electron chi connectivity index (χ3n) is 4.10. The molecule has 104 valence electrons. The SMILES string of the molecule is CC(C)C1CCCN(c2ccc(C(=N)N)nc2)CC1. The zero-order valence-electron chi connectivity index (χ0n) is 11.9. The van der Waals surface area contributed by atoms with Gasteiger partial charge in [0.05, 0.1) is 11.9 Å². The van der Waals surface area contributed by atoms with Gasteiger partial charge in [-0.15, -0.1) is 0 Å². The molecule has 2 heterocycles. The van der Waals surface area contributed by atoms with E-state index in [1.165, 1.54) is 19.3 Å². The predicted molar refractivity (Wildman–Crippen MR) is 79.6 cm³/mol. The summed E-state index contributed by atoms with van der Waals surface area (Å²) < 4.78 is 0. The van der Waals surface area contributed by atoms with Crippen molar-refractivity contribution in [2.75, 3.05) is 18.0 Å². The van der Waals surface area contributed by atoms with Gasteiger partial charge in [0.15, 0.2) is 0 Å². The van der Waals surface area contributed by atoms with E-state index >= 15 is 0 Å². The number of amidine groups is 1. The summed E-state index contributed by atoms with van der Waals surface area (Å²) in [5, 5.41) is 7.36. The van der Waals surface area contributed by atoms with Crippen LogP contribution < -0.4 is 10.6 Å². The van der Waals surface area contributed by atoms with Gasteiger partial charge in [0, 0.05) is 13.1 Å². The number of nitrogen functional groups attached to an aromatic ring is 1. The Labute approximate surface area is 115 Å². The summed E-state index contributed by atoms with van der Waals surface area (Å²) >= 11 is 0. The molecule has 2 rings (SSSR count). The highest BCUT2D eigenvalue weighted by Gasteiger charge is 2.19. The van der Waals surface area contributed by atoms with Crippen LogP contribution in [-0.4, -0.2) is 23.9 Å². The number of aromatic nitrogens is 1. The van der Waals surface area contributed by atoms with Gasteiger partial charge >= 0.3 is 0 Å². The van der Waals surface area contributed by atoms with Gasteiger partial charge in [0.1, 0.15) is 11.5 Å². The maximum Gasteiger partial charge on any atom is 0.141 e. The summed E-state index contributed by atoms with van der Waals surface area (Å²) in [4.78, 5) is 6.65. The van der Waals surface area contributed by atoms with Crippen molar-refractivity contribution in [3.63, 3.8) is 0 Å². The second kappa shape index (κ2) is 6.04. The van der Waals surface area contributed by atoms with Crippen molar-refractivity contribution in [1.82, 2.24) is 4.98 Å². The lowest BCUT2D eigenvalue weighted by Gasteiger charge is -2.23. The first-order valence-electron chi connectivity index (χ1n) is 7.13. The van der Waals surface area contributed by atoms with E-state index in [-0.39, 0.29) is 5.84 Å². The molecule has 1 aromatic heterocycles. The molecule has 0 spiro atoms. The highest BCUT2D eigenvalue weighted by molar-refractivity contribution is 5.93. The van der Waals surface area contributed by atoms with Gasteiger partial charge in [-0.3, -0.25) is 10.4 Å². The van der Waals surface area contributed by atoms with E-state index in [2.05, 4.69) is 23.7 Å². The van der Waals surface area contributed by atoms with E-state index in [1.54, 1.807) is 0 Å². The lowest BCUT2D eigenvalue weighted by molar-refractivity contribution is 0.351. The molecule has 1 aliphatic rings. The Balaban J connectivity index is 2.03. The minimum absolute atomic E-state index is 0.0299. The Bertz CT molecular complexity index is 424. The number of nitrogens with zero attached hydrogens (tertiary/aromatic N) is 2. The Kier molecular flexibility index (Phi) is 4.40. The number of hydrogen-bond donors (Lipinski definition) is 2. The fraction of sp³-hybridized carbons (Fsp3) is 0.600. The van der Waals surface area contributed by atoms with Crippen LogP contribution in [-0.2, 0) is 0 Å². The van der Waals surface area contributed by atoms with E-state index in [1.807, 2.05) is 18.3 Å². The molecule has 0 saturated carbocycles. The second-order valence-corrected chi connectivity index (χ2v) is 5.74. The maximum atomic E-state index is 7.36. The number of rotatable bonds is 3. The van der Waals surface area contributed by atoms with Gasteiger partial charge in [-0.2, -0.15) is 0 Å². The number of pyridine rings is 1. The van der Waals surface area contributed by atoms with Crippen LogP contribution in [0.15, 0.2) is 18.3 Å². The lowest BCUT2D eigenvalue weighted by Crippen LogP contribution is -2.25. The third kappa shape index (κ3) is 3.46. The minimum atomic E-state index is 0.0299. The first-order chi connectivity index (χ1) is 9.08. The minimum Gasteiger partial charge on any atom is -0.382 e. The first-order valence-corrected chi connectivity index (χ1v) is 7.13. The van der Waals surface area contributed by atoms with Gasteiger partial charge in [-0.05, 0) is 43.2 Å². The van der Waals surface area contributed by atoms with Crippen molar-refractivity contribution in [3.05, 3.63) is 24.0 Å². The Morgan fingerprint density at radius 1 is 1.37 bits per heavy atom. The molecule has 3 N–H and O–H groups in total. The van der Waals surface area contributed by atoms with E-state index in [0.29, 0.717) is 5.69 Å². The fourth-order valence-corrected chi connectivity index (χ4v) is 2.78. The number of nitrogens with one attached hydrogen (secondary N) is 1. The average Bonchev–Trinajstić information content (AvgIpc) is 2.64. The molecule has 4 nitrogen and oxygen atoms in total. The average molecular weight is 260 g/mol. The van der Waals surface area contributed by atoms with Crippen molar-refractivity contribution in [2.24, 2.45) is 17.6 Å². The summed E-state index contributed by atoms with van der Waals surface area (Å²) in [5.41, 5.74) is 7.13. The van der Waals surface area contributed by atoms with Crippen LogP contribution in [0.5, 0.6) is 0 Å². The highest BCUT2D eigenvalue weighted by atomic mass is 15.1. The smallest absolute Gasteiger partial charge is 0.141 e. The molecule has 1 aliphatic heterocycles. The number of nitrogens with two attached hydrogens (primary N) is 1. The van der Waals surface area contributed by atoms with Crippen LogP contribution >= 0.6 is 0 Å². The molecule has 0 radical (unpaired) electrons. The lowest BCUT2D eigenvalue weighted by atomic mass is 9.89. The molecular weight excluding hydrogens is 236 g/mol. The molecule has 0 aromatic carbocycles. The van der Waals surface area contributed by atoms with Crippen molar-refractivity contribution >= 4 is 11.5 Å². The van der Waals surface area contributed by atoms with Crippen LogP contribution in [0.1, 0.15) is 38.8 Å². The number of hydrogen-bond acceptors (Lipinski definition) is 3. The van der Waals surface area contributed by atoms with E-state index < -0.39 is 0 Å². The van der Waals surface area contributed by atoms with Crippen LogP contribution in [0.4, 0.5) is 5.69 Å². The molecule has 1 atom stereocenters. The standard InChI is InChI=1S/C15H24N4/c1-11(2)12-4-3-8-19(9-7-12)13-5-6-14(15(16)17)18-10-13/h5-6,10-12H,3-4,7-9H2,1-2H3,(H3,16,17). The third-order valence-corrected chi connectivity index (χ3v) is 4.10. The first kappa shape index (κ1) is 13.8. The Hall–Kier alpha value is -1.58. The van der Waals surface area contributed by atoms with E-state index in [9.17, 15) is 0 Å². The Morgan fingerprint density at radius 2 is 2.16 bits per heavy atom. The Morgan fingerprint density at radius 3 is 2.74 bits per heavy atom. The van der Waals surface area contributed by atoms with Crippen LogP contribution in [0.25, 0.3) is 0 Å².